The van der Waals surface area contributed by atoms with Gasteiger partial charge in [-0.15, -0.1) is 0 Å². The van der Waals surface area contributed by atoms with Gasteiger partial charge in [0.15, 0.2) is 0 Å². The molecule has 0 aliphatic rings. The van der Waals surface area contributed by atoms with Gasteiger partial charge in [-0.2, -0.15) is 0 Å². The van der Waals surface area contributed by atoms with Crippen molar-refractivity contribution in [2.24, 2.45) is 17.2 Å². The van der Waals surface area contributed by atoms with Gasteiger partial charge in [0.25, 0.3) is 0 Å². The van der Waals surface area contributed by atoms with Crippen LogP contribution < -0.4 is 27.4 Å². The van der Waals surface area contributed by atoms with Gasteiger partial charge in [0.05, 0.1) is 0 Å². The van der Waals surface area contributed by atoms with Crippen LogP contribution in [0.2, 0.25) is 0 Å². The summed E-state index contributed by atoms with van der Waals surface area (Å²) in [4.78, 5) is 26.1. The van der Waals surface area contributed by atoms with E-state index in [1.54, 1.807) is 0 Å². The minimum absolute atomic E-state index is 0. The van der Waals surface area contributed by atoms with E-state index in [-0.39, 0.29) is 19.5 Å². The molecule has 0 rings (SSSR count). The van der Waals surface area contributed by atoms with E-state index in [4.69, 9.17) is 29.7 Å². The Balaban J connectivity index is -0.0000000450. The molecule has 0 radical (unpaired) electrons. The summed E-state index contributed by atoms with van der Waals surface area (Å²) in [5, 5.41) is 24.5. The summed E-state index contributed by atoms with van der Waals surface area (Å²) in [6.45, 7) is 0. The Morgan fingerprint density at radius 3 is 0.923 bits per heavy atom. The summed E-state index contributed by atoms with van der Waals surface area (Å²) in [5.41, 5.74) is 11.9. The normalized spacial score (nSPS) is 5.54. The van der Waals surface area contributed by atoms with Gasteiger partial charge in [-0.1, -0.05) is 0 Å². The molecule has 9 nitrogen and oxygen atoms in total. The largest absolute Gasteiger partial charge is 2.00 e. The fraction of sp³-hybridized carbons (Fsp3) is 0. The van der Waals surface area contributed by atoms with Crippen molar-refractivity contribution >= 4 is 18.3 Å². The van der Waals surface area contributed by atoms with Crippen LogP contribution in [0.5, 0.6) is 0 Å². The number of rotatable bonds is 0. The second-order valence-electron chi connectivity index (χ2n) is 0.976. The number of hydrogen-bond acceptors (Lipinski definition) is 5. The van der Waals surface area contributed by atoms with Crippen molar-refractivity contribution in [2.75, 3.05) is 0 Å². The minimum atomic E-state index is -1.58. The van der Waals surface area contributed by atoms with E-state index in [1.807, 2.05) is 0 Å². The molecule has 0 unspecified atom stereocenters. The second-order valence-corrected chi connectivity index (χ2v) is 0.976. The summed E-state index contributed by atoms with van der Waals surface area (Å²) < 4.78 is 0. The molecule has 0 atom stereocenters. The van der Waals surface area contributed by atoms with E-state index in [2.05, 4.69) is 17.2 Å². The first kappa shape index (κ1) is 22.5. The van der Waals surface area contributed by atoms with Gasteiger partial charge in [-0.3, -0.25) is 0 Å². The van der Waals surface area contributed by atoms with E-state index in [0.29, 0.717) is 0 Å². The minimum Gasteiger partial charge on any atom is -0.530 e. The maximum absolute atomic E-state index is 8.78. The van der Waals surface area contributed by atoms with Crippen LogP contribution in [-0.4, -0.2) is 23.4 Å². The Kier molecular flexibility index (Phi) is 29.1. The number of nitrogens with two attached hydrogens (primary N) is 3. The molecule has 0 saturated heterocycles. The number of primary amides is 3. The third-order valence-corrected chi connectivity index (χ3v) is 0. The van der Waals surface area contributed by atoms with E-state index in [1.165, 1.54) is 0 Å². The summed E-state index contributed by atoms with van der Waals surface area (Å²) in [6.07, 6.45) is -4.50. The Morgan fingerprint density at radius 2 is 0.923 bits per heavy atom. The molecule has 0 aromatic rings. The van der Waals surface area contributed by atoms with Crippen molar-refractivity contribution in [1.29, 1.82) is 0 Å². The van der Waals surface area contributed by atoms with Crippen molar-refractivity contribution in [3.8, 4) is 0 Å². The molecule has 0 saturated carbocycles. The maximum atomic E-state index is 8.78. The molecule has 0 bridgehead atoms. The smallest absolute Gasteiger partial charge is 0.530 e. The molecule has 10 heteroatoms. The zero-order chi connectivity index (χ0) is 10.7. The molecule has 13 heavy (non-hydrogen) atoms. The van der Waals surface area contributed by atoms with E-state index < -0.39 is 18.3 Å². The third kappa shape index (κ3) is 302. The van der Waals surface area contributed by atoms with Gasteiger partial charge in [0.2, 0.25) is 0 Å². The van der Waals surface area contributed by atoms with Gasteiger partial charge in [0.1, 0.15) is 12.2 Å². The number of carbonyl (C=O) groups excluding carboxylic acids is 2. The molecule has 0 aromatic carbocycles. The van der Waals surface area contributed by atoms with Crippen molar-refractivity contribution in [2.45, 2.75) is 0 Å². The van der Waals surface area contributed by atoms with Crippen LogP contribution in [-0.2, 0) is 19.5 Å². The average molecular weight is 246 g/mol. The fourth-order valence-corrected chi connectivity index (χ4v) is 0. The third-order valence-electron chi connectivity index (χ3n) is 0. The first-order chi connectivity index (χ1) is 5.20. The molecule has 0 aliphatic carbocycles. The Hall–Kier alpha value is -1.57. The summed E-state index contributed by atoms with van der Waals surface area (Å²) in [7, 11) is 0. The van der Waals surface area contributed by atoms with Crippen molar-refractivity contribution in [3.05, 3.63) is 0 Å². The summed E-state index contributed by atoms with van der Waals surface area (Å²) >= 11 is 0. The van der Waals surface area contributed by atoms with Crippen LogP contribution in [0.15, 0.2) is 0 Å². The van der Waals surface area contributed by atoms with Crippen molar-refractivity contribution < 1.29 is 49.2 Å². The van der Waals surface area contributed by atoms with Crippen molar-refractivity contribution in [3.63, 3.8) is 0 Å². The molecule has 0 aromatic heterocycles. The van der Waals surface area contributed by atoms with Gasteiger partial charge in [0, 0.05) is 0 Å². The van der Waals surface area contributed by atoms with Crippen molar-refractivity contribution in [1.82, 2.24) is 0 Å². The molecule has 0 fully saturated rings. The van der Waals surface area contributed by atoms with E-state index >= 15 is 0 Å². The Labute approximate surface area is 85.3 Å². The molecule has 0 spiro atoms. The van der Waals surface area contributed by atoms with Gasteiger partial charge >= 0.3 is 25.6 Å². The molecule has 0 heterocycles. The van der Waals surface area contributed by atoms with Crippen LogP contribution in [0, 0.1) is 0 Å². The van der Waals surface area contributed by atoms with Crippen LogP contribution in [0.3, 0.4) is 0 Å². The maximum Gasteiger partial charge on any atom is 2.00 e. The molecular formula is C3H7N3O6Zn. The second kappa shape index (κ2) is 16.8. The Bertz CT molecular complexity index is 121. The van der Waals surface area contributed by atoms with E-state index in [9.17, 15) is 0 Å². The van der Waals surface area contributed by atoms with E-state index in [0.717, 1.165) is 0 Å². The van der Waals surface area contributed by atoms with Crippen LogP contribution in [0.1, 0.15) is 0 Å². The molecule has 0 aliphatic heterocycles. The topological polar surface area (TPSA) is 196 Å². The Morgan fingerprint density at radius 1 is 0.923 bits per heavy atom. The summed E-state index contributed by atoms with van der Waals surface area (Å²) in [5.74, 6) is 0. The molecule has 3 amide bonds. The monoisotopic (exact) mass is 245 g/mol. The SMILES string of the molecule is NC(=O)O.NC(=O)[O-].NC(=O)[O-].[Zn+2]. The summed E-state index contributed by atoms with van der Waals surface area (Å²) in [6, 6.07) is 0. The number of hydrogen-bond donors (Lipinski definition) is 4. The predicted molar refractivity (Wildman–Crippen MR) is 31.4 cm³/mol. The number of carboxylic acid groups (broad SMARTS) is 3. The zero-order valence-electron chi connectivity index (χ0n) is 6.43. The van der Waals surface area contributed by atoms with Crippen LogP contribution in [0.25, 0.3) is 0 Å². The van der Waals surface area contributed by atoms with Gasteiger partial charge < -0.3 is 42.1 Å². The van der Waals surface area contributed by atoms with Gasteiger partial charge in [-0.05, 0) is 0 Å². The quantitative estimate of drug-likeness (QED) is 0.316. The zero-order valence-corrected chi connectivity index (χ0v) is 9.39. The van der Waals surface area contributed by atoms with Crippen LogP contribution >= 0.6 is 0 Å². The fourth-order valence-electron chi connectivity index (χ4n) is 0. The molecule has 72 valence electrons. The molecule has 7 N–H and O–H groups in total. The standard InChI is InChI=1S/3CH3NO2.Zn/c3*2-1(3)4;/h3*2H2,(H,3,4);/q;;;+2/p-2. The van der Waals surface area contributed by atoms with Gasteiger partial charge in [-0.25, -0.2) is 4.79 Å². The average Bonchev–Trinajstić information content (AvgIpc) is 1.54. The first-order valence-electron chi connectivity index (χ1n) is 2.11. The van der Waals surface area contributed by atoms with Crippen LogP contribution in [0.4, 0.5) is 14.4 Å². The first-order valence-corrected chi connectivity index (χ1v) is 2.11. The molecular weight excluding hydrogens is 239 g/mol. The predicted octanol–water partition coefficient (Wildman–Crippen LogP) is -3.80. The number of carbonyl (C=O) groups is 3. The number of amides is 3.